The summed E-state index contributed by atoms with van der Waals surface area (Å²) >= 11 is 5.76. The summed E-state index contributed by atoms with van der Waals surface area (Å²) in [5.41, 5.74) is 0.602. The number of benzene rings is 1. The van der Waals surface area contributed by atoms with Crippen LogP contribution in [0.1, 0.15) is 56.7 Å². The summed E-state index contributed by atoms with van der Waals surface area (Å²) in [6, 6.07) is 7.21. The van der Waals surface area contributed by atoms with Gasteiger partial charge in [0.2, 0.25) is 0 Å². The minimum absolute atomic E-state index is 0.0374. The number of carbonyl (C=O) groups excluding carboxylic acids is 1. The van der Waals surface area contributed by atoms with Crippen LogP contribution in [-0.4, -0.2) is 24.1 Å². The van der Waals surface area contributed by atoms with Crippen molar-refractivity contribution < 1.29 is 13.2 Å². The van der Waals surface area contributed by atoms with Crippen molar-refractivity contribution in [3.8, 4) is 0 Å². The monoisotopic (exact) mass is 383 g/mol. The van der Waals surface area contributed by atoms with Crippen LogP contribution in [0.4, 0.5) is 0 Å². The minimum Gasteiger partial charge on any atom is -0.266 e. The highest BCUT2D eigenvalue weighted by molar-refractivity contribution is 7.90. The van der Waals surface area contributed by atoms with Crippen LogP contribution in [0.25, 0.3) is 0 Å². The highest BCUT2D eigenvalue weighted by atomic mass is 35.5. The molecule has 0 aliphatic carbocycles. The van der Waals surface area contributed by atoms with E-state index in [1.807, 2.05) is 34.6 Å². The Morgan fingerprint density at radius 1 is 1.20 bits per heavy atom. The first-order valence-corrected chi connectivity index (χ1v) is 9.71. The predicted octanol–water partition coefficient (Wildman–Crippen LogP) is 3.53. The molecule has 2 aromatic rings. The molecule has 6 nitrogen and oxygen atoms in total. The zero-order chi connectivity index (χ0) is 19.0. The Labute approximate surface area is 153 Å². The van der Waals surface area contributed by atoms with Gasteiger partial charge in [-0.1, -0.05) is 25.4 Å². The van der Waals surface area contributed by atoms with E-state index in [1.54, 1.807) is 10.7 Å². The third-order valence-corrected chi connectivity index (χ3v) is 5.15. The number of sulfonamides is 1. The Morgan fingerprint density at radius 3 is 2.20 bits per heavy atom. The first kappa shape index (κ1) is 19.5. The van der Waals surface area contributed by atoms with Crippen LogP contribution < -0.4 is 4.72 Å². The Bertz CT molecular complexity index is 879. The second-order valence-corrected chi connectivity index (χ2v) is 9.20. The van der Waals surface area contributed by atoms with Gasteiger partial charge in [0.15, 0.2) is 5.69 Å². The zero-order valence-corrected chi connectivity index (χ0v) is 16.4. The predicted molar refractivity (Wildman–Crippen MR) is 97.4 cm³/mol. The molecule has 2 rings (SSSR count). The summed E-state index contributed by atoms with van der Waals surface area (Å²) < 4.78 is 28.5. The van der Waals surface area contributed by atoms with Gasteiger partial charge < -0.3 is 0 Å². The summed E-state index contributed by atoms with van der Waals surface area (Å²) in [6.45, 7) is 9.89. The Kier molecular flexibility index (Phi) is 5.30. The third kappa shape index (κ3) is 4.41. The van der Waals surface area contributed by atoms with Crippen LogP contribution in [0, 0.1) is 0 Å². The van der Waals surface area contributed by atoms with Crippen LogP contribution in [-0.2, 0) is 15.6 Å². The van der Waals surface area contributed by atoms with Gasteiger partial charge in [0.05, 0.1) is 10.4 Å². The highest BCUT2D eigenvalue weighted by Crippen LogP contribution is 2.23. The number of hydrogen-bond donors (Lipinski definition) is 1. The molecule has 0 atom stereocenters. The number of nitrogens with one attached hydrogen (secondary N) is 1. The third-order valence-electron chi connectivity index (χ3n) is 3.55. The molecule has 1 N–H and O–H groups in total. The van der Waals surface area contributed by atoms with Crippen molar-refractivity contribution in [3.05, 3.63) is 46.7 Å². The van der Waals surface area contributed by atoms with E-state index in [4.69, 9.17) is 11.6 Å². The maximum absolute atomic E-state index is 12.4. The number of aromatic nitrogens is 2. The van der Waals surface area contributed by atoms with Crippen LogP contribution in [0.15, 0.2) is 35.2 Å². The number of halogens is 1. The lowest BCUT2D eigenvalue weighted by Crippen LogP contribution is -2.31. The second kappa shape index (κ2) is 6.80. The molecule has 25 heavy (non-hydrogen) atoms. The van der Waals surface area contributed by atoms with Gasteiger partial charge in [-0.2, -0.15) is 5.10 Å². The molecule has 0 unspecified atom stereocenters. The molecule has 0 fully saturated rings. The summed E-state index contributed by atoms with van der Waals surface area (Å²) in [5, 5.41) is 4.73. The van der Waals surface area contributed by atoms with E-state index in [0.29, 0.717) is 5.02 Å². The molecular formula is C17H22ClN3O3S. The van der Waals surface area contributed by atoms with Gasteiger partial charge in [-0.15, -0.1) is 0 Å². The van der Waals surface area contributed by atoms with Crippen LogP contribution in [0.2, 0.25) is 5.02 Å². The SMILES string of the molecule is CC(C)c1cc(C(=O)NS(=O)(=O)c2ccc(Cl)cc2)nn1C(C)(C)C. The van der Waals surface area contributed by atoms with Crippen molar-refractivity contribution in [3.63, 3.8) is 0 Å². The second-order valence-electron chi connectivity index (χ2n) is 7.08. The van der Waals surface area contributed by atoms with Crippen molar-refractivity contribution in [2.24, 2.45) is 0 Å². The van der Waals surface area contributed by atoms with Gasteiger partial charge in [0.1, 0.15) is 0 Å². The van der Waals surface area contributed by atoms with E-state index in [-0.39, 0.29) is 22.0 Å². The van der Waals surface area contributed by atoms with Gasteiger partial charge in [-0.3, -0.25) is 9.48 Å². The lowest BCUT2D eigenvalue weighted by Gasteiger charge is -2.23. The summed E-state index contributed by atoms with van der Waals surface area (Å²) in [7, 11) is -3.99. The van der Waals surface area contributed by atoms with Crippen molar-refractivity contribution in [2.45, 2.75) is 51.0 Å². The van der Waals surface area contributed by atoms with Crippen molar-refractivity contribution in [2.75, 3.05) is 0 Å². The number of hydrogen-bond acceptors (Lipinski definition) is 4. The van der Waals surface area contributed by atoms with E-state index in [9.17, 15) is 13.2 Å². The number of rotatable bonds is 4. The molecule has 0 aliphatic rings. The maximum Gasteiger partial charge on any atom is 0.285 e. The standard InChI is InChI=1S/C17H22ClN3O3S/c1-11(2)15-10-14(19-21(15)17(3,4)5)16(22)20-25(23,24)13-8-6-12(18)7-9-13/h6-11H,1-5H3,(H,20,22). The molecule has 0 bridgehead atoms. The zero-order valence-electron chi connectivity index (χ0n) is 14.9. The van der Waals surface area contributed by atoms with Crippen molar-refractivity contribution in [1.29, 1.82) is 0 Å². The van der Waals surface area contributed by atoms with E-state index < -0.39 is 15.9 Å². The lowest BCUT2D eigenvalue weighted by atomic mass is 10.1. The van der Waals surface area contributed by atoms with Crippen molar-refractivity contribution in [1.82, 2.24) is 14.5 Å². The molecule has 0 radical (unpaired) electrons. The van der Waals surface area contributed by atoms with Crippen LogP contribution >= 0.6 is 11.6 Å². The topological polar surface area (TPSA) is 81.1 Å². The molecule has 0 saturated heterocycles. The highest BCUT2D eigenvalue weighted by Gasteiger charge is 2.26. The molecule has 1 aromatic carbocycles. The molecule has 0 spiro atoms. The number of carbonyl (C=O) groups is 1. The largest absolute Gasteiger partial charge is 0.285 e. The molecule has 1 amide bonds. The fourth-order valence-electron chi connectivity index (χ4n) is 2.30. The lowest BCUT2D eigenvalue weighted by molar-refractivity contribution is 0.0975. The Morgan fingerprint density at radius 2 is 1.76 bits per heavy atom. The van der Waals surface area contributed by atoms with E-state index in [2.05, 4.69) is 9.82 Å². The summed E-state index contributed by atoms with van der Waals surface area (Å²) in [5.74, 6) is -0.624. The molecule has 1 heterocycles. The average molecular weight is 384 g/mol. The number of amides is 1. The average Bonchev–Trinajstić information content (AvgIpc) is 2.93. The molecule has 0 aliphatic heterocycles. The van der Waals surface area contributed by atoms with Gasteiger partial charge in [0.25, 0.3) is 15.9 Å². The fraction of sp³-hybridized carbons (Fsp3) is 0.412. The minimum atomic E-state index is -3.99. The van der Waals surface area contributed by atoms with E-state index in [0.717, 1.165) is 5.69 Å². The molecular weight excluding hydrogens is 362 g/mol. The van der Waals surface area contributed by atoms with Gasteiger partial charge >= 0.3 is 0 Å². The van der Waals surface area contributed by atoms with Gasteiger partial charge in [-0.05, 0) is 57.0 Å². The van der Waals surface area contributed by atoms with Crippen molar-refractivity contribution >= 4 is 27.5 Å². The van der Waals surface area contributed by atoms with Gasteiger partial charge in [-0.25, -0.2) is 13.1 Å². The number of nitrogens with zero attached hydrogens (tertiary/aromatic N) is 2. The molecule has 8 heteroatoms. The summed E-state index contributed by atoms with van der Waals surface area (Å²) in [6.07, 6.45) is 0. The molecule has 0 saturated carbocycles. The Hall–Kier alpha value is -1.86. The maximum atomic E-state index is 12.4. The smallest absolute Gasteiger partial charge is 0.266 e. The van der Waals surface area contributed by atoms with E-state index >= 15 is 0 Å². The Balaban J connectivity index is 2.34. The van der Waals surface area contributed by atoms with E-state index in [1.165, 1.54) is 24.3 Å². The first-order valence-electron chi connectivity index (χ1n) is 7.85. The molecule has 1 aromatic heterocycles. The van der Waals surface area contributed by atoms with Crippen LogP contribution in [0.5, 0.6) is 0 Å². The first-order chi connectivity index (χ1) is 11.4. The van der Waals surface area contributed by atoms with Gasteiger partial charge in [0, 0.05) is 10.7 Å². The molecule has 136 valence electrons. The summed E-state index contributed by atoms with van der Waals surface area (Å²) in [4.78, 5) is 12.4. The van der Waals surface area contributed by atoms with Crippen LogP contribution in [0.3, 0.4) is 0 Å². The normalized spacial score (nSPS) is 12.4. The fourth-order valence-corrected chi connectivity index (χ4v) is 3.39. The quantitative estimate of drug-likeness (QED) is 0.875.